The zero-order valence-electron chi connectivity index (χ0n) is 19.7. The SMILES string of the molecule is C/C=C\CCC.CCCC1CC1C.CCCC1OC1C.CCCCCC. The van der Waals surface area contributed by atoms with Gasteiger partial charge in [-0.05, 0) is 44.9 Å². The minimum atomic E-state index is 0.569. The maximum Gasteiger partial charge on any atom is 0.0838 e. The van der Waals surface area contributed by atoms with Crippen LogP contribution in [-0.2, 0) is 4.74 Å². The van der Waals surface area contributed by atoms with Crippen molar-refractivity contribution < 1.29 is 4.74 Å². The van der Waals surface area contributed by atoms with Crippen LogP contribution in [0.15, 0.2) is 12.2 Å². The Bertz CT molecular complexity index is 262. The fraction of sp³-hybridized carbons (Fsp3) is 0.920. The van der Waals surface area contributed by atoms with Crippen molar-refractivity contribution in [2.24, 2.45) is 11.8 Å². The number of epoxide rings is 1. The standard InChI is InChI=1S/C7H14.C6H12O.C6H14.C6H12/c1-3-4-7-5-6(7)2;1-3-4-6-5(2)7-6;2*1-3-5-6-4-2/h6-7H,3-5H2,1-2H3;5-6H,3-4H2,1-2H3;3-6H2,1-2H3;3,5H,4,6H2,1-2H3/b;;;5-3-. The highest BCUT2D eigenvalue weighted by Crippen LogP contribution is 2.40. The summed E-state index contributed by atoms with van der Waals surface area (Å²) in [5, 5.41) is 0. The van der Waals surface area contributed by atoms with Crippen molar-refractivity contribution >= 4 is 0 Å². The summed E-state index contributed by atoms with van der Waals surface area (Å²) in [5.74, 6) is 2.19. The molecule has 0 bridgehead atoms. The Kier molecular flexibility index (Phi) is 22.6. The molecule has 0 amide bonds. The lowest BCUT2D eigenvalue weighted by Gasteiger charge is -1.86. The van der Waals surface area contributed by atoms with Crippen LogP contribution < -0.4 is 0 Å². The average molecular weight is 369 g/mol. The van der Waals surface area contributed by atoms with Crippen molar-refractivity contribution in [2.45, 2.75) is 138 Å². The third-order valence-electron chi connectivity index (χ3n) is 4.99. The Balaban J connectivity index is 0. The molecular weight excluding hydrogens is 316 g/mol. The van der Waals surface area contributed by atoms with Crippen molar-refractivity contribution in [1.29, 1.82) is 0 Å². The fourth-order valence-electron chi connectivity index (χ4n) is 2.82. The van der Waals surface area contributed by atoms with Gasteiger partial charge in [-0.15, -0.1) is 0 Å². The summed E-state index contributed by atoms with van der Waals surface area (Å²) in [5.41, 5.74) is 0. The maximum absolute atomic E-state index is 5.16. The second-order valence-corrected chi connectivity index (χ2v) is 7.99. The van der Waals surface area contributed by atoms with Crippen molar-refractivity contribution in [2.75, 3.05) is 0 Å². The van der Waals surface area contributed by atoms with Crippen molar-refractivity contribution in [3.05, 3.63) is 12.2 Å². The van der Waals surface area contributed by atoms with E-state index in [0.717, 1.165) is 11.8 Å². The van der Waals surface area contributed by atoms with E-state index in [2.05, 4.69) is 67.5 Å². The molecule has 2 fully saturated rings. The Morgan fingerprint density at radius 1 is 0.808 bits per heavy atom. The first-order valence-electron chi connectivity index (χ1n) is 11.8. The topological polar surface area (TPSA) is 12.5 Å². The molecule has 0 aromatic heterocycles. The first kappa shape index (κ1) is 27.9. The quantitative estimate of drug-likeness (QED) is 0.225. The smallest absolute Gasteiger partial charge is 0.0838 e. The van der Waals surface area contributed by atoms with Gasteiger partial charge in [-0.2, -0.15) is 0 Å². The lowest BCUT2D eigenvalue weighted by Crippen LogP contribution is -1.85. The Morgan fingerprint density at radius 3 is 1.46 bits per heavy atom. The monoisotopic (exact) mass is 368 g/mol. The van der Waals surface area contributed by atoms with Gasteiger partial charge < -0.3 is 4.74 Å². The van der Waals surface area contributed by atoms with Crippen molar-refractivity contribution in [3.63, 3.8) is 0 Å². The highest BCUT2D eigenvalue weighted by Gasteiger charge is 2.32. The second-order valence-electron chi connectivity index (χ2n) is 7.99. The lowest BCUT2D eigenvalue weighted by molar-refractivity contribution is 0.369. The van der Waals surface area contributed by atoms with Crippen LogP contribution in [0.4, 0.5) is 0 Å². The molecule has 158 valence electrons. The van der Waals surface area contributed by atoms with Gasteiger partial charge in [-0.25, -0.2) is 0 Å². The molecule has 4 atom stereocenters. The molecule has 0 N–H and O–H groups in total. The van der Waals surface area contributed by atoms with Crippen LogP contribution in [0.5, 0.6) is 0 Å². The second kappa shape index (κ2) is 21.0. The first-order valence-corrected chi connectivity index (χ1v) is 11.8. The van der Waals surface area contributed by atoms with Gasteiger partial charge in [0.05, 0.1) is 12.2 Å². The van der Waals surface area contributed by atoms with E-state index in [4.69, 9.17) is 4.74 Å². The van der Waals surface area contributed by atoms with E-state index in [1.165, 1.54) is 70.6 Å². The van der Waals surface area contributed by atoms with Gasteiger partial charge in [0.2, 0.25) is 0 Å². The van der Waals surface area contributed by atoms with E-state index >= 15 is 0 Å². The number of unbranched alkanes of at least 4 members (excludes halogenated alkanes) is 4. The van der Waals surface area contributed by atoms with Crippen LogP contribution in [0.25, 0.3) is 0 Å². The fourth-order valence-corrected chi connectivity index (χ4v) is 2.82. The van der Waals surface area contributed by atoms with Gasteiger partial charge in [0.25, 0.3) is 0 Å². The summed E-state index contributed by atoms with van der Waals surface area (Å²) in [6, 6.07) is 0. The van der Waals surface area contributed by atoms with Crippen LogP contribution in [0.1, 0.15) is 126 Å². The van der Waals surface area contributed by atoms with Crippen LogP contribution in [0.3, 0.4) is 0 Å². The van der Waals surface area contributed by atoms with Gasteiger partial charge in [0, 0.05) is 0 Å². The maximum atomic E-state index is 5.16. The van der Waals surface area contributed by atoms with Crippen LogP contribution >= 0.6 is 0 Å². The molecule has 1 heterocycles. The van der Waals surface area contributed by atoms with Gasteiger partial charge in [-0.3, -0.25) is 0 Å². The molecule has 2 rings (SSSR count). The third kappa shape index (κ3) is 21.7. The Labute approximate surface area is 167 Å². The molecule has 1 heteroatoms. The normalized spacial score (nSPS) is 25.2. The highest BCUT2D eigenvalue weighted by molar-refractivity contribution is 4.81. The predicted molar refractivity (Wildman–Crippen MR) is 121 cm³/mol. The molecule has 1 aliphatic heterocycles. The first-order chi connectivity index (χ1) is 12.5. The van der Waals surface area contributed by atoms with Crippen molar-refractivity contribution in [1.82, 2.24) is 0 Å². The van der Waals surface area contributed by atoms with Crippen LogP contribution in [0, 0.1) is 11.8 Å². The van der Waals surface area contributed by atoms with Crippen molar-refractivity contribution in [3.8, 4) is 0 Å². The summed E-state index contributed by atoms with van der Waals surface area (Å²) in [6.07, 6.45) is 20.4. The molecule has 4 unspecified atom stereocenters. The van der Waals surface area contributed by atoms with Gasteiger partial charge >= 0.3 is 0 Å². The molecule has 0 aromatic carbocycles. The number of ether oxygens (including phenoxy) is 1. The summed E-state index contributed by atoms with van der Waals surface area (Å²) >= 11 is 0. The molecule has 0 radical (unpaired) electrons. The molecule has 2 aliphatic rings. The molecular formula is C25H52O. The molecule has 26 heavy (non-hydrogen) atoms. The van der Waals surface area contributed by atoms with E-state index in [1.54, 1.807) is 0 Å². The minimum Gasteiger partial charge on any atom is -0.370 e. The zero-order valence-corrected chi connectivity index (χ0v) is 19.7. The van der Waals surface area contributed by atoms with E-state index < -0.39 is 0 Å². The van der Waals surface area contributed by atoms with Crippen LogP contribution in [-0.4, -0.2) is 12.2 Å². The lowest BCUT2D eigenvalue weighted by atomic mass is 10.2. The van der Waals surface area contributed by atoms with E-state index in [-0.39, 0.29) is 0 Å². The number of hydrogen-bond donors (Lipinski definition) is 0. The minimum absolute atomic E-state index is 0.569. The molecule has 1 aliphatic carbocycles. The third-order valence-corrected chi connectivity index (χ3v) is 4.99. The van der Waals surface area contributed by atoms with E-state index in [1.807, 2.05) is 0 Å². The molecule has 1 saturated heterocycles. The van der Waals surface area contributed by atoms with Gasteiger partial charge in [0.15, 0.2) is 0 Å². The zero-order chi connectivity index (χ0) is 20.2. The molecule has 0 spiro atoms. The van der Waals surface area contributed by atoms with Gasteiger partial charge in [-0.1, -0.05) is 105 Å². The Morgan fingerprint density at radius 2 is 1.31 bits per heavy atom. The molecule has 0 aromatic rings. The summed E-state index contributed by atoms with van der Waals surface area (Å²) in [4.78, 5) is 0. The summed E-state index contributed by atoms with van der Waals surface area (Å²) in [7, 11) is 0. The highest BCUT2D eigenvalue weighted by atomic mass is 16.6. The summed E-state index contributed by atoms with van der Waals surface area (Å²) < 4.78 is 5.16. The Hall–Kier alpha value is -0.300. The average Bonchev–Trinajstić information content (AvgIpc) is 3.53. The largest absolute Gasteiger partial charge is 0.370 e. The predicted octanol–water partition coefficient (Wildman–Crippen LogP) is 8.97. The van der Waals surface area contributed by atoms with E-state index in [9.17, 15) is 0 Å². The summed E-state index contributed by atoms with van der Waals surface area (Å²) in [6.45, 7) is 17.6. The van der Waals surface area contributed by atoms with E-state index in [0.29, 0.717) is 12.2 Å². The van der Waals surface area contributed by atoms with Gasteiger partial charge in [0.1, 0.15) is 0 Å². The number of rotatable bonds is 9. The molecule has 1 saturated carbocycles. The molecule has 1 nitrogen and oxygen atoms in total. The number of allylic oxidation sites excluding steroid dienone is 2. The van der Waals surface area contributed by atoms with Crippen LogP contribution in [0.2, 0.25) is 0 Å². The number of hydrogen-bond acceptors (Lipinski definition) is 1.